The van der Waals surface area contributed by atoms with Crippen LogP contribution in [0.4, 0.5) is 0 Å². The zero-order chi connectivity index (χ0) is 22.1. The maximum atomic E-state index is 12.6. The zero-order valence-corrected chi connectivity index (χ0v) is 22.0. The van der Waals surface area contributed by atoms with Gasteiger partial charge in [-0.2, -0.15) is 0 Å². The molecule has 0 aromatic heterocycles. The molecule has 2 heterocycles. The van der Waals surface area contributed by atoms with E-state index in [1.54, 1.807) is 30.8 Å². The van der Waals surface area contributed by atoms with Crippen LogP contribution in [0.2, 0.25) is 0 Å². The normalized spacial score (nSPS) is 18.8. The summed E-state index contributed by atoms with van der Waals surface area (Å²) in [6.45, 7) is 4.18. The van der Waals surface area contributed by atoms with Crippen molar-refractivity contribution in [2.75, 3.05) is 65.7 Å². The Morgan fingerprint density at radius 2 is 1.84 bits per heavy atom. The molecule has 1 atom stereocenters. The lowest BCUT2D eigenvalue weighted by atomic mass is 10.2. The standard InChI is InChI=1S/C22H33N5O3S.HI/c1-25(2)20(28)17-24-22(23-10-16-31-18-7-4-3-5-8-18)27-13-11-26(12-14-27)21(29)19-9-6-15-30-19;/h3-5,7-8,19H,6,9-17H2,1-2H3,(H,23,24);1H. The average molecular weight is 576 g/mol. The summed E-state index contributed by atoms with van der Waals surface area (Å²) >= 11 is 1.78. The van der Waals surface area contributed by atoms with Crippen molar-refractivity contribution >= 4 is 53.5 Å². The molecule has 0 saturated carbocycles. The Hall–Kier alpha value is -1.53. The van der Waals surface area contributed by atoms with Crippen molar-refractivity contribution in [2.24, 2.45) is 4.99 Å². The van der Waals surface area contributed by atoms with Gasteiger partial charge in [-0.1, -0.05) is 18.2 Å². The van der Waals surface area contributed by atoms with Crippen LogP contribution >= 0.6 is 35.7 Å². The molecular weight excluding hydrogens is 541 g/mol. The van der Waals surface area contributed by atoms with Crippen LogP contribution in [-0.4, -0.2) is 104 Å². The third kappa shape index (κ3) is 8.11. The molecule has 2 aliphatic rings. The molecule has 178 valence electrons. The summed E-state index contributed by atoms with van der Waals surface area (Å²) in [6.07, 6.45) is 1.50. The Kier molecular flexibility index (Phi) is 11.6. The summed E-state index contributed by atoms with van der Waals surface area (Å²) in [7, 11) is 3.47. The van der Waals surface area contributed by atoms with Crippen molar-refractivity contribution in [3.05, 3.63) is 30.3 Å². The first kappa shape index (κ1) is 26.7. The maximum absolute atomic E-state index is 12.6. The molecule has 1 N–H and O–H groups in total. The maximum Gasteiger partial charge on any atom is 0.251 e. The number of halogens is 1. The molecule has 2 amide bonds. The van der Waals surface area contributed by atoms with Crippen molar-refractivity contribution in [1.82, 2.24) is 20.0 Å². The summed E-state index contributed by atoms with van der Waals surface area (Å²) in [5, 5.41) is 3.41. The van der Waals surface area contributed by atoms with E-state index in [1.165, 1.54) is 4.90 Å². The van der Waals surface area contributed by atoms with Gasteiger partial charge in [0.25, 0.3) is 5.91 Å². The molecule has 32 heavy (non-hydrogen) atoms. The second-order valence-corrected chi connectivity index (χ2v) is 9.00. The number of hydrogen-bond acceptors (Lipinski definition) is 5. The Bertz CT molecular complexity index is 751. The molecule has 3 rings (SSSR count). The molecule has 8 nitrogen and oxygen atoms in total. The van der Waals surface area contributed by atoms with Gasteiger partial charge in [0.05, 0.1) is 0 Å². The van der Waals surface area contributed by atoms with Crippen LogP contribution in [0, 0.1) is 0 Å². The minimum absolute atomic E-state index is 0. The van der Waals surface area contributed by atoms with E-state index in [0.717, 1.165) is 31.1 Å². The van der Waals surface area contributed by atoms with Crippen molar-refractivity contribution in [2.45, 2.75) is 23.8 Å². The van der Waals surface area contributed by atoms with Gasteiger partial charge in [0.1, 0.15) is 12.6 Å². The molecule has 1 aromatic rings. The van der Waals surface area contributed by atoms with Crippen LogP contribution in [0.25, 0.3) is 0 Å². The van der Waals surface area contributed by atoms with Crippen LogP contribution in [0.5, 0.6) is 0 Å². The highest BCUT2D eigenvalue weighted by atomic mass is 127. The molecular formula is C22H34IN5O3S. The number of benzene rings is 1. The van der Waals surface area contributed by atoms with Crippen LogP contribution < -0.4 is 5.32 Å². The monoisotopic (exact) mass is 575 g/mol. The number of piperazine rings is 1. The summed E-state index contributed by atoms with van der Waals surface area (Å²) < 4.78 is 5.55. The molecule has 1 aromatic carbocycles. The lowest BCUT2D eigenvalue weighted by Gasteiger charge is -2.37. The molecule has 10 heteroatoms. The van der Waals surface area contributed by atoms with Crippen molar-refractivity contribution in [3.8, 4) is 0 Å². The van der Waals surface area contributed by atoms with Gasteiger partial charge in [0.2, 0.25) is 5.91 Å². The van der Waals surface area contributed by atoms with E-state index < -0.39 is 0 Å². The zero-order valence-electron chi connectivity index (χ0n) is 18.9. The fourth-order valence-corrected chi connectivity index (χ4v) is 4.30. The summed E-state index contributed by atoms with van der Waals surface area (Å²) in [5.74, 6) is 1.69. The first-order chi connectivity index (χ1) is 15.0. The molecule has 0 radical (unpaired) electrons. The molecule has 2 aliphatic heterocycles. The predicted molar refractivity (Wildman–Crippen MR) is 139 cm³/mol. The Labute approximate surface area is 212 Å². The highest BCUT2D eigenvalue weighted by Gasteiger charge is 2.31. The van der Waals surface area contributed by atoms with Crippen molar-refractivity contribution in [1.29, 1.82) is 0 Å². The number of guanidine groups is 1. The number of aliphatic imine (C=N–C) groups is 1. The fraction of sp³-hybridized carbons (Fsp3) is 0.591. The number of hydrogen-bond donors (Lipinski definition) is 1. The van der Waals surface area contributed by atoms with Crippen LogP contribution in [-0.2, 0) is 14.3 Å². The molecule has 2 saturated heterocycles. The number of nitrogens with one attached hydrogen (secondary N) is 1. The van der Waals surface area contributed by atoms with E-state index in [-0.39, 0.29) is 48.4 Å². The van der Waals surface area contributed by atoms with E-state index >= 15 is 0 Å². The Morgan fingerprint density at radius 3 is 2.47 bits per heavy atom. The smallest absolute Gasteiger partial charge is 0.251 e. The Morgan fingerprint density at radius 1 is 1.16 bits per heavy atom. The van der Waals surface area contributed by atoms with Crippen molar-refractivity contribution in [3.63, 3.8) is 0 Å². The highest BCUT2D eigenvalue weighted by molar-refractivity contribution is 14.0. The van der Waals surface area contributed by atoms with E-state index in [1.807, 2.05) is 23.1 Å². The van der Waals surface area contributed by atoms with Crippen molar-refractivity contribution < 1.29 is 14.3 Å². The molecule has 0 spiro atoms. The van der Waals surface area contributed by atoms with Gasteiger partial charge in [-0.05, 0) is 25.0 Å². The predicted octanol–water partition coefficient (Wildman–Crippen LogP) is 1.75. The number of rotatable bonds is 7. The fourth-order valence-electron chi connectivity index (χ4n) is 3.51. The molecule has 2 fully saturated rings. The summed E-state index contributed by atoms with van der Waals surface area (Å²) in [6, 6.07) is 10.3. The number of amides is 2. The minimum Gasteiger partial charge on any atom is -0.368 e. The molecule has 0 bridgehead atoms. The lowest BCUT2D eigenvalue weighted by Crippen LogP contribution is -2.55. The first-order valence-corrected chi connectivity index (χ1v) is 11.8. The SMILES string of the molecule is CN(C)C(=O)CN=C(NCCSc1ccccc1)N1CCN(C(=O)C2CCCO2)CC1.I. The first-order valence-electron chi connectivity index (χ1n) is 10.9. The van der Waals surface area contributed by atoms with Gasteiger partial charge >= 0.3 is 0 Å². The number of thioether (sulfide) groups is 1. The number of carbonyl (C=O) groups excluding carboxylic acids is 2. The highest BCUT2D eigenvalue weighted by Crippen LogP contribution is 2.17. The summed E-state index contributed by atoms with van der Waals surface area (Å²) in [4.78, 5) is 36.0. The van der Waals surface area contributed by atoms with Gasteiger partial charge in [0, 0.05) is 64.1 Å². The Balaban J connectivity index is 0.00000363. The van der Waals surface area contributed by atoms with Gasteiger partial charge in [-0.3, -0.25) is 9.59 Å². The lowest BCUT2D eigenvalue weighted by molar-refractivity contribution is -0.142. The van der Waals surface area contributed by atoms with E-state index in [0.29, 0.717) is 32.8 Å². The van der Waals surface area contributed by atoms with Gasteiger partial charge in [-0.25, -0.2) is 4.99 Å². The van der Waals surface area contributed by atoms with Crippen LogP contribution in [0.15, 0.2) is 40.2 Å². The molecule has 0 aliphatic carbocycles. The van der Waals surface area contributed by atoms with Crippen LogP contribution in [0.3, 0.4) is 0 Å². The average Bonchev–Trinajstić information content (AvgIpc) is 3.33. The number of ether oxygens (including phenoxy) is 1. The quantitative estimate of drug-likeness (QED) is 0.176. The largest absolute Gasteiger partial charge is 0.368 e. The number of nitrogens with zero attached hydrogens (tertiary/aromatic N) is 4. The van der Waals surface area contributed by atoms with Gasteiger partial charge in [-0.15, -0.1) is 35.7 Å². The van der Waals surface area contributed by atoms with Gasteiger partial charge in [0.15, 0.2) is 5.96 Å². The summed E-state index contributed by atoms with van der Waals surface area (Å²) in [5.41, 5.74) is 0. The second kappa shape index (κ2) is 13.9. The number of likely N-dealkylation sites (N-methyl/N-ethyl adjacent to an activating group) is 1. The third-order valence-electron chi connectivity index (χ3n) is 5.36. The minimum atomic E-state index is -0.273. The second-order valence-electron chi connectivity index (χ2n) is 7.83. The van der Waals surface area contributed by atoms with E-state index in [4.69, 9.17) is 4.74 Å². The third-order valence-corrected chi connectivity index (χ3v) is 6.37. The number of carbonyl (C=O) groups is 2. The molecule has 1 unspecified atom stereocenters. The topological polar surface area (TPSA) is 77.5 Å². The van der Waals surface area contributed by atoms with Gasteiger partial charge < -0.3 is 24.8 Å². The van der Waals surface area contributed by atoms with E-state index in [2.05, 4.69) is 27.3 Å². The van der Waals surface area contributed by atoms with Crippen LogP contribution in [0.1, 0.15) is 12.8 Å². The van der Waals surface area contributed by atoms with E-state index in [9.17, 15) is 9.59 Å².